The topological polar surface area (TPSA) is 155 Å². The summed E-state index contributed by atoms with van der Waals surface area (Å²) >= 11 is 0. The molecule has 0 rings (SSSR count). The van der Waals surface area contributed by atoms with Crippen LogP contribution in [0.2, 0.25) is 0 Å². The van der Waals surface area contributed by atoms with Crippen LogP contribution >= 0.6 is 7.82 Å². The first-order valence-electron chi connectivity index (χ1n) is 6.36. The smallest absolute Gasteiger partial charge is 0.391 e. The molecule has 0 amide bonds. The zero-order valence-electron chi connectivity index (χ0n) is 15.4. The number of phosphoric acid groups is 1. The molecule has 0 radical (unpaired) electrons. The fourth-order valence-corrected chi connectivity index (χ4v) is 1.07. The minimum atomic E-state index is -4.29. The molecule has 3 N–H and O–H groups in total. The maximum atomic E-state index is 10.1. The molecule has 0 aliphatic rings. The highest BCUT2D eigenvalue weighted by Gasteiger charge is 2.23. The Bertz CT molecular complexity index is 391. The van der Waals surface area contributed by atoms with E-state index in [-0.39, 0.29) is 12.3 Å². The van der Waals surface area contributed by atoms with Gasteiger partial charge in [-0.25, -0.2) is 4.57 Å². The second-order valence-electron chi connectivity index (χ2n) is 6.24. The molecular weight excluding hydrogens is 343 g/mol. The fraction of sp³-hybridized carbons (Fsp3) is 0.714. The summed E-state index contributed by atoms with van der Waals surface area (Å²) < 4.78 is 14.4. The second kappa shape index (κ2) is 17.9. The van der Waals surface area contributed by atoms with E-state index in [0.29, 0.717) is 0 Å². The van der Waals surface area contributed by atoms with Gasteiger partial charge in [-0.1, -0.05) is 5.57 Å². The molecule has 0 spiro atoms. The lowest BCUT2D eigenvalue weighted by Gasteiger charge is -2.18. The van der Waals surface area contributed by atoms with E-state index in [0.717, 1.165) is 0 Å². The van der Waals surface area contributed by atoms with E-state index in [1.165, 1.54) is 5.57 Å². The third-order valence-corrected chi connectivity index (χ3v) is 1.18. The summed E-state index contributed by atoms with van der Waals surface area (Å²) in [7, 11) is -4.29. The summed E-state index contributed by atoms with van der Waals surface area (Å²) in [5.41, 5.74) is -0.112. The summed E-state index contributed by atoms with van der Waals surface area (Å²) in [6.45, 7) is 17.5. The second-order valence-corrected chi connectivity index (χ2v) is 7.40. The van der Waals surface area contributed by atoms with Crippen molar-refractivity contribution in [1.82, 2.24) is 0 Å². The van der Waals surface area contributed by atoms with Crippen LogP contribution < -0.4 is 0 Å². The molecule has 9 nitrogen and oxygen atoms in total. The maximum Gasteiger partial charge on any atom is 0.470 e. The van der Waals surface area contributed by atoms with Gasteiger partial charge in [-0.15, -0.1) is 6.58 Å². The minimum absolute atomic E-state index is 0.250. The number of hydrogen-bond acceptors (Lipinski definition) is 7. The van der Waals surface area contributed by atoms with Gasteiger partial charge in [-0.05, 0) is 55.4 Å². The van der Waals surface area contributed by atoms with Crippen molar-refractivity contribution in [3.63, 3.8) is 0 Å². The Morgan fingerprint density at radius 2 is 1.04 bits per heavy atom. The third kappa shape index (κ3) is 377. The van der Waals surface area contributed by atoms with Crippen LogP contribution in [-0.4, -0.2) is 38.4 Å². The van der Waals surface area contributed by atoms with Gasteiger partial charge in [0.1, 0.15) is 0 Å². The van der Waals surface area contributed by atoms with E-state index < -0.39 is 19.0 Å². The predicted octanol–water partition coefficient (Wildman–Crippen LogP) is 2.09. The standard InChI is InChI=1S/C4H11O4P.C4H10O.C4H8.2CO2/c1-4(2,3)8-9(5,6)7;1-4(2,3)5;1-4(2)3;2*2-1-3/h1-3H3,(H2,5,6,7);5H,1-3H3;1H2,2-3H3;;. The Kier molecular flexibility index (Phi) is 25.4. The molecule has 0 atom stereocenters. The highest BCUT2D eigenvalue weighted by Crippen LogP contribution is 2.40. The van der Waals surface area contributed by atoms with Crippen molar-refractivity contribution in [2.24, 2.45) is 0 Å². The number of phosphoric ester groups is 1. The molecule has 0 bridgehead atoms. The summed E-state index contributed by atoms with van der Waals surface area (Å²) in [6, 6.07) is 0. The van der Waals surface area contributed by atoms with Crippen LogP contribution in [0.3, 0.4) is 0 Å². The van der Waals surface area contributed by atoms with Crippen molar-refractivity contribution in [1.29, 1.82) is 0 Å². The molecule has 10 heteroatoms. The van der Waals surface area contributed by atoms with Gasteiger partial charge < -0.3 is 14.9 Å². The molecule has 144 valence electrons. The average Bonchev–Trinajstić information content (AvgIpc) is 2.08. The number of hydrogen-bond donors (Lipinski definition) is 3. The van der Waals surface area contributed by atoms with Crippen molar-refractivity contribution < 1.29 is 43.2 Å². The van der Waals surface area contributed by atoms with Crippen molar-refractivity contribution in [2.45, 2.75) is 66.6 Å². The highest BCUT2D eigenvalue weighted by atomic mass is 31.2. The molecule has 0 aliphatic heterocycles. The Labute approximate surface area is 143 Å². The highest BCUT2D eigenvalue weighted by molar-refractivity contribution is 7.46. The zero-order valence-corrected chi connectivity index (χ0v) is 16.3. The first kappa shape index (κ1) is 34.0. The Morgan fingerprint density at radius 1 is 0.917 bits per heavy atom. The van der Waals surface area contributed by atoms with Gasteiger partial charge in [0.2, 0.25) is 0 Å². The molecule has 0 heterocycles. The van der Waals surface area contributed by atoms with Crippen LogP contribution in [0.25, 0.3) is 0 Å². The molecule has 0 aliphatic carbocycles. The average molecular weight is 372 g/mol. The molecular formula is C14H29O9P. The van der Waals surface area contributed by atoms with Crippen LogP contribution in [0.15, 0.2) is 12.2 Å². The van der Waals surface area contributed by atoms with E-state index in [4.69, 9.17) is 34.1 Å². The predicted molar refractivity (Wildman–Crippen MR) is 85.4 cm³/mol. The monoisotopic (exact) mass is 372 g/mol. The fourth-order valence-electron chi connectivity index (χ4n) is 0.357. The van der Waals surface area contributed by atoms with Crippen LogP contribution in [-0.2, 0) is 28.3 Å². The summed E-state index contributed by atoms with van der Waals surface area (Å²) in [6.07, 6.45) is 0.500. The number of rotatable bonds is 1. The lowest BCUT2D eigenvalue weighted by Crippen LogP contribution is -2.16. The Morgan fingerprint density at radius 3 is 1.04 bits per heavy atom. The Balaban J connectivity index is -0.0000000687. The van der Waals surface area contributed by atoms with Crippen LogP contribution in [0.4, 0.5) is 0 Å². The third-order valence-electron chi connectivity index (χ3n) is 0.393. The lowest BCUT2D eigenvalue weighted by atomic mass is 10.2. The quantitative estimate of drug-likeness (QED) is 0.463. The van der Waals surface area contributed by atoms with Crippen molar-refractivity contribution in [2.75, 3.05) is 0 Å². The van der Waals surface area contributed by atoms with Crippen LogP contribution in [0.1, 0.15) is 55.4 Å². The van der Waals surface area contributed by atoms with E-state index in [2.05, 4.69) is 11.1 Å². The first-order valence-corrected chi connectivity index (χ1v) is 7.89. The summed E-state index contributed by atoms with van der Waals surface area (Å²) in [5.74, 6) is 0. The van der Waals surface area contributed by atoms with Crippen molar-refractivity contribution in [3.8, 4) is 0 Å². The van der Waals surface area contributed by atoms with Gasteiger partial charge in [0, 0.05) is 0 Å². The normalized spacial score (nSPS) is 9.46. The minimum Gasteiger partial charge on any atom is -0.391 e. The molecule has 0 aromatic carbocycles. The molecule has 0 fully saturated rings. The molecule has 0 aromatic rings. The van der Waals surface area contributed by atoms with Crippen LogP contribution in [0.5, 0.6) is 0 Å². The van der Waals surface area contributed by atoms with E-state index >= 15 is 0 Å². The number of allylic oxidation sites excluding steroid dienone is 1. The zero-order chi connectivity index (χ0) is 21.2. The summed E-state index contributed by atoms with van der Waals surface area (Å²) in [4.78, 5) is 49.0. The van der Waals surface area contributed by atoms with Crippen molar-refractivity contribution >= 4 is 20.1 Å². The molecule has 0 saturated carbocycles. The maximum absolute atomic E-state index is 10.1. The van der Waals surface area contributed by atoms with E-state index in [9.17, 15) is 4.57 Å². The van der Waals surface area contributed by atoms with Gasteiger partial charge in [0.05, 0.1) is 11.2 Å². The SMILES string of the molecule is C=C(C)C.CC(C)(C)O.CC(C)(C)OP(=O)(O)O.O=C=O.O=C=O. The summed E-state index contributed by atoms with van der Waals surface area (Å²) in [5, 5.41) is 8.52. The van der Waals surface area contributed by atoms with Gasteiger partial charge in [-0.2, -0.15) is 19.2 Å². The first-order chi connectivity index (χ1) is 10.3. The van der Waals surface area contributed by atoms with Crippen molar-refractivity contribution in [3.05, 3.63) is 12.2 Å². The van der Waals surface area contributed by atoms with Gasteiger partial charge in [0.15, 0.2) is 0 Å². The molecule has 0 unspecified atom stereocenters. The molecule has 0 saturated heterocycles. The van der Waals surface area contributed by atoms with Gasteiger partial charge in [0.25, 0.3) is 0 Å². The lowest BCUT2D eigenvalue weighted by molar-refractivity contribution is -0.193. The molecule has 0 aromatic heterocycles. The van der Waals surface area contributed by atoms with Crippen LogP contribution in [0, 0.1) is 0 Å². The molecule has 24 heavy (non-hydrogen) atoms. The van der Waals surface area contributed by atoms with Gasteiger partial charge in [-0.3, -0.25) is 4.52 Å². The number of carbonyl (C=O) groups excluding carboxylic acids is 4. The van der Waals surface area contributed by atoms with E-state index in [1.54, 1.807) is 41.5 Å². The Hall–Kier alpha value is -1.43. The largest absolute Gasteiger partial charge is 0.470 e. The van der Waals surface area contributed by atoms with E-state index in [1.807, 2.05) is 13.8 Å². The number of aliphatic hydroxyl groups is 1. The van der Waals surface area contributed by atoms with Gasteiger partial charge >= 0.3 is 20.1 Å².